The molecule has 1 unspecified atom stereocenters. The zero-order chi connectivity index (χ0) is 86.2. The molecule has 12 heteroatoms. The van der Waals surface area contributed by atoms with Crippen LogP contribution in [0.25, 0.3) is 176 Å². The van der Waals surface area contributed by atoms with Crippen LogP contribution >= 0.6 is 0 Å². The summed E-state index contributed by atoms with van der Waals surface area (Å²) in [7, 11) is 8.11. The van der Waals surface area contributed by atoms with E-state index in [9.17, 15) is 1.37 Å². The Morgan fingerprint density at radius 2 is 0.581 bits per heavy atom. The first-order chi connectivity index (χ1) is 59.6. The number of aryl methyl sites for hydroxylation is 8. The van der Waals surface area contributed by atoms with Crippen molar-refractivity contribution in [3.8, 4) is 45.0 Å². The van der Waals surface area contributed by atoms with Crippen molar-refractivity contribution in [1.82, 2.24) is 19.9 Å². The lowest BCUT2D eigenvalue weighted by Crippen LogP contribution is -2.31. The van der Waals surface area contributed by atoms with Gasteiger partial charge in [0.1, 0.15) is 28.2 Å². The highest BCUT2D eigenvalue weighted by atomic mass is 16.4. The van der Waals surface area contributed by atoms with Crippen LogP contribution in [0.1, 0.15) is 163 Å². The molecule has 0 saturated heterocycles. The molecule has 0 N–H and O–H groups in total. The maximum absolute atomic E-state index is 9.18. The van der Waals surface area contributed by atoms with Gasteiger partial charge in [-0.15, -0.1) is 0 Å². The van der Waals surface area contributed by atoms with E-state index in [2.05, 4.69) is 214 Å². The van der Waals surface area contributed by atoms with Crippen LogP contribution in [0.4, 0.5) is 0 Å². The van der Waals surface area contributed by atoms with Gasteiger partial charge in [-0.1, -0.05) is 157 Å². The Balaban J connectivity index is 0.000000108. The van der Waals surface area contributed by atoms with Crippen molar-refractivity contribution in [3.05, 3.63) is 288 Å². The van der Waals surface area contributed by atoms with Crippen LogP contribution in [0.15, 0.2) is 261 Å². The number of pyridine rings is 8. The molecule has 20 aromatic rings. The molecule has 12 aromatic heterocycles. The molecule has 0 aliphatic heterocycles. The van der Waals surface area contributed by atoms with E-state index < -0.39 is 30.4 Å². The van der Waals surface area contributed by atoms with E-state index in [1.807, 2.05) is 100 Å². The highest BCUT2D eigenvalue weighted by Crippen LogP contribution is 2.49. The van der Waals surface area contributed by atoms with Crippen LogP contribution in [-0.2, 0) is 28.2 Å². The van der Waals surface area contributed by atoms with Gasteiger partial charge < -0.3 is 17.7 Å². The summed E-state index contributed by atoms with van der Waals surface area (Å²) in [6.45, 7) is 11.4. The van der Waals surface area contributed by atoms with Crippen molar-refractivity contribution in [2.24, 2.45) is 28.2 Å². The molecular weight excluding hydrogens is 1440 g/mol. The molecular formula is C105H98N8O4+4. The standard InChI is InChI=1S/C28H27N2O.C27H25N2O.2C25H23N2O/c1-18-21-11-6-7-12-22(21)26-23-13-8-15-29-28(23)31-27(26)25(18)24-17-20(14-16-30(24)2)19-9-4-3-5-10-19;1-17-20-10-5-6-11-21(20)25-22-12-7-14-28-27(22)30-26(25)24(17)23-16-19(13-15-29(23)2)18-8-3-4-9-18;2*1-15(2)17-11-13-27(4)21(14-17)22-16(3)18-8-5-6-9-19(18)23-20-10-7-12-26-25(20)28-24(22)23/h6-8,11-17,19H,3-5,9-10H2,1-2H3;5-7,10-16,18H,3-4,8-9H2,1-2H3;2*5-15H,1-4H3/q4*+1/i19D;18D;1D3,15D;15D. The van der Waals surface area contributed by atoms with Gasteiger partial charge in [0.15, 0.2) is 47.1 Å². The highest BCUT2D eigenvalue weighted by molar-refractivity contribution is 6.26. The molecule has 0 radical (unpaired) electrons. The molecule has 12 heterocycles. The summed E-state index contributed by atoms with van der Waals surface area (Å²) in [4.78, 5) is 17.9. The Kier molecular flexibility index (Phi) is 17.3. The van der Waals surface area contributed by atoms with Crippen LogP contribution in [0, 0.1) is 27.7 Å². The normalized spacial score (nSPS) is 15.7. The number of rotatable bonds is 8. The van der Waals surface area contributed by atoms with Crippen LogP contribution in [-0.4, -0.2) is 19.9 Å². The fourth-order valence-corrected chi connectivity index (χ4v) is 18.7. The van der Waals surface area contributed by atoms with Gasteiger partial charge in [0, 0.05) is 126 Å². The molecule has 0 spiro atoms. The third-order valence-corrected chi connectivity index (χ3v) is 24.8. The predicted molar refractivity (Wildman–Crippen MR) is 477 cm³/mol. The Labute approximate surface area is 691 Å². The number of aromatic nitrogens is 8. The third kappa shape index (κ3) is 12.9. The molecule has 0 amide bonds. The first-order valence-corrected chi connectivity index (χ1v) is 40.9. The van der Waals surface area contributed by atoms with Crippen molar-refractivity contribution >= 4 is 131 Å². The van der Waals surface area contributed by atoms with E-state index in [0.717, 1.165) is 189 Å². The summed E-state index contributed by atoms with van der Waals surface area (Å²) in [5.41, 5.74) is 22.2. The summed E-state index contributed by atoms with van der Waals surface area (Å²) in [5, 5.41) is 17.8. The number of benzene rings is 8. The molecule has 22 rings (SSSR count). The first-order valence-electron chi connectivity index (χ1n) is 44.4. The summed E-state index contributed by atoms with van der Waals surface area (Å²) in [6, 6.07) is 66.2. The van der Waals surface area contributed by atoms with Crippen molar-refractivity contribution in [2.45, 2.75) is 137 Å². The summed E-state index contributed by atoms with van der Waals surface area (Å²) < 4.78 is 92.7. The summed E-state index contributed by atoms with van der Waals surface area (Å²) in [5.74, 6) is -3.40. The van der Waals surface area contributed by atoms with Gasteiger partial charge in [0.05, 0.1) is 22.3 Å². The second-order valence-corrected chi connectivity index (χ2v) is 32.1. The molecule has 8 aromatic carbocycles. The fraction of sp³-hybridized carbons (Fsp3) is 0.238. The predicted octanol–water partition coefficient (Wildman–Crippen LogP) is 25.7. The van der Waals surface area contributed by atoms with E-state index in [0.29, 0.717) is 34.0 Å². The van der Waals surface area contributed by atoms with Gasteiger partial charge in [-0.2, -0.15) is 0 Å². The van der Waals surface area contributed by atoms with Gasteiger partial charge in [0.2, 0.25) is 45.6 Å². The van der Waals surface area contributed by atoms with Gasteiger partial charge in [0.25, 0.3) is 0 Å². The maximum atomic E-state index is 9.18. The Bertz CT molecular complexity index is 7710. The van der Waals surface area contributed by atoms with E-state index in [1.54, 1.807) is 36.9 Å². The number of hydrogen-bond donors (Lipinski definition) is 0. The number of nitrogens with zero attached hydrogens (tertiary/aromatic N) is 8. The average Bonchev–Trinajstić information content (AvgIpc) is 1.54. The van der Waals surface area contributed by atoms with Crippen molar-refractivity contribution < 1.29 is 45.5 Å². The molecule has 2 aliphatic rings. The van der Waals surface area contributed by atoms with E-state index >= 15 is 0 Å². The lowest BCUT2D eigenvalue weighted by molar-refractivity contribution is -0.660. The molecule has 2 saturated carbocycles. The second kappa shape index (κ2) is 30.4. The lowest BCUT2D eigenvalue weighted by Gasteiger charge is -2.22. The molecule has 0 bridgehead atoms. The third-order valence-electron chi connectivity index (χ3n) is 24.8. The molecule has 578 valence electrons. The van der Waals surface area contributed by atoms with Crippen LogP contribution < -0.4 is 18.3 Å². The quantitative estimate of drug-likeness (QED) is 0.138. The van der Waals surface area contributed by atoms with Gasteiger partial charge >= 0.3 is 0 Å². The van der Waals surface area contributed by atoms with Crippen molar-refractivity contribution in [3.63, 3.8) is 0 Å². The largest absolute Gasteiger partial charge is 0.437 e. The van der Waals surface area contributed by atoms with Gasteiger partial charge in [-0.25, -0.2) is 38.2 Å². The minimum absolute atomic E-state index is 0.431. The van der Waals surface area contributed by atoms with E-state index in [4.69, 9.17) is 25.9 Å². The molecule has 1 atom stereocenters. The van der Waals surface area contributed by atoms with E-state index in [-0.39, 0.29) is 0 Å². The summed E-state index contributed by atoms with van der Waals surface area (Å²) in [6.07, 6.45) is 24.6. The van der Waals surface area contributed by atoms with Crippen molar-refractivity contribution in [1.29, 1.82) is 0 Å². The molecule has 117 heavy (non-hydrogen) atoms. The Morgan fingerprint density at radius 1 is 0.325 bits per heavy atom. The van der Waals surface area contributed by atoms with Gasteiger partial charge in [-0.05, 0) is 213 Å². The van der Waals surface area contributed by atoms with Gasteiger partial charge in [-0.3, -0.25) is 0 Å². The first kappa shape index (κ1) is 66.5. The van der Waals surface area contributed by atoms with E-state index in [1.165, 1.54) is 62.4 Å². The molecule has 2 aliphatic carbocycles. The minimum atomic E-state index is -2.46. The SMILES string of the molecule is [2H]C(C)(C)c1cc[n+](C)c(-c2c(C)c3ccccc3c3c2oc2ncccc23)c1.[2H]C([2H])([2H])C([2H])(C)c1cc[n+](C)c(-c2c(C)c3ccccc3c3c2oc2ncccc23)c1.[2H]C1(c2cc[n+](C)c(-c3c(C)c4ccccc4c4c3oc3ncccc34)c2)CCCC1.[2H]C1(c2cc[n+](C)c(-c3c(C)c4ccccc4c4c3oc3ncccc34)c2)CCCCC1. The smallest absolute Gasteiger partial charge is 0.227 e. The zero-order valence-corrected chi connectivity index (χ0v) is 68.2. The highest BCUT2D eigenvalue weighted by Gasteiger charge is 2.32. The molecule has 12 nitrogen and oxygen atoms in total. The number of fused-ring (bicyclic) bond motifs is 20. The molecule has 2 fully saturated rings. The Hall–Kier alpha value is -12.8. The zero-order valence-electron chi connectivity index (χ0n) is 75.2. The average molecular weight is 1540 g/mol. The van der Waals surface area contributed by atoms with Crippen LogP contribution in [0.2, 0.25) is 0 Å². The van der Waals surface area contributed by atoms with Crippen LogP contribution in [0.3, 0.4) is 0 Å². The monoisotopic (exact) mass is 1540 g/mol. The summed E-state index contributed by atoms with van der Waals surface area (Å²) >= 11 is 0. The minimum Gasteiger partial charge on any atom is -0.437 e. The fourth-order valence-electron chi connectivity index (χ4n) is 18.7. The number of furan rings is 4. The lowest BCUT2D eigenvalue weighted by atomic mass is 9.83. The topological polar surface area (TPSA) is 120 Å². The Morgan fingerprint density at radius 3 is 0.872 bits per heavy atom. The van der Waals surface area contributed by atoms with Crippen LogP contribution in [0.5, 0.6) is 0 Å². The number of hydrogen-bond acceptors (Lipinski definition) is 8. The second-order valence-electron chi connectivity index (χ2n) is 32.1. The maximum Gasteiger partial charge on any atom is 0.227 e. The van der Waals surface area contributed by atoms with Crippen molar-refractivity contribution in [2.75, 3.05) is 0 Å².